The smallest absolute Gasteiger partial charge is 0.338 e. The molecule has 1 unspecified atom stereocenters. The van der Waals surface area contributed by atoms with E-state index in [1.54, 1.807) is 58.0 Å². The van der Waals surface area contributed by atoms with Gasteiger partial charge < -0.3 is 43.9 Å². The Labute approximate surface area is 290 Å². The van der Waals surface area contributed by atoms with E-state index < -0.39 is 78.2 Å². The Morgan fingerprint density at radius 3 is 2.29 bits per heavy atom. The number of allylic oxidation sites excluding steroid dienone is 1. The van der Waals surface area contributed by atoms with Crippen molar-refractivity contribution < 1.29 is 53.4 Å². The van der Waals surface area contributed by atoms with Crippen LogP contribution < -0.4 is 0 Å². The van der Waals surface area contributed by atoms with E-state index in [9.17, 15) is 29.7 Å². The number of carbonyl (C=O) groups is 3. The number of aliphatic hydroxyl groups is 3. The number of cyclic esters (lactones) is 1. The first kappa shape index (κ1) is 40.7. The summed E-state index contributed by atoms with van der Waals surface area (Å²) in [4.78, 5) is 42.6. The maximum atomic E-state index is 13.7. The highest BCUT2D eigenvalue weighted by molar-refractivity contribution is 5.96. The molecule has 0 radical (unpaired) electrons. The molecule has 2 aliphatic heterocycles. The Hall–Kier alpha value is -2.71. The lowest BCUT2D eigenvalue weighted by Gasteiger charge is -2.48. The molecule has 3 N–H and O–H groups in total. The van der Waals surface area contributed by atoms with Crippen molar-refractivity contribution in [1.29, 1.82) is 0 Å². The number of aliphatic hydroxyl groups excluding tert-OH is 2. The number of hydrogen-bond acceptors (Lipinski definition) is 12. The fourth-order valence-electron chi connectivity index (χ4n) is 7.15. The number of rotatable bonds is 8. The molecule has 2 heterocycles. The predicted octanol–water partition coefficient (Wildman–Crippen LogP) is 3.30. The molecule has 1 aromatic carbocycles. The van der Waals surface area contributed by atoms with Gasteiger partial charge in [0.05, 0.1) is 48.0 Å². The second-order valence-electron chi connectivity index (χ2n) is 14.3. The lowest BCUT2D eigenvalue weighted by atomic mass is 9.76. The molecule has 0 amide bonds. The molecule has 12 nitrogen and oxygen atoms in total. The Kier molecular flexibility index (Phi) is 14.1. The number of ether oxygens (including phenoxy) is 5. The van der Waals surface area contributed by atoms with Crippen molar-refractivity contribution >= 4 is 17.7 Å². The highest BCUT2D eigenvalue weighted by Gasteiger charge is 2.51. The predicted molar refractivity (Wildman–Crippen MR) is 181 cm³/mol. The Morgan fingerprint density at radius 2 is 1.73 bits per heavy atom. The van der Waals surface area contributed by atoms with Crippen LogP contribution in [0.15, 0.2) is 42.0 Å². The molecular formula is C37H57NO11. The van der Waals surface area contributed by atoms with Crippen molar-refractivity contribution in [2.45, 2.75) is 122 Å². The molecule has 1 saturated heterocycles. The fraction of sp³-hybridized carbons (Fsp3) is 0.703. The summed E-state index contributed by atoms with van der Waals surface area (Å²) in [6, 6.07) is 8.31. The van der Waals surface area contributed by atoms with Gasteiger partial charge in [0.1, 0.15) is 11.7 Å². The van der Waals surface area contributed by atoms with Gasteiger partial charge in [-0.3, -0.25) is 9.59 Å². The minimum Gasteiger partial charge on any atom is -0.459 e. The quantitative estimate of drug-likeness (QED) is 0.342. The first-order valence-corrected chi connectivity index (χ1v) is 17.2. The van der Waals surface area contributed by atoms with Gasteiger partial charge in [-0.2, -0.15) is 0 Å². The van der Waals surface area contributed by atoms with Gasteiger partial charge in [-0.25, -0.2) is 4.79 Å². The molecule has 12 heteroatoms. The van der Waals surface area contributed by atoms with Crippen LogP contribution in [0.25, 0.3) is 0 Å². The third kappa shape index (κ3) is 9.35. The van der Waals surface area contributed by atoms with Crippen molar-refractivity contribution in [2.24, 2.45) is 17.8 Å². The Morgan fingerprint density at radius 1 is 1.10 bits per heavy atom. The molecule has 0 bridgehead atoms. The van der Waals surface area contributed by atoms with Crippen LogP contribution in [0, 0.1) is 17.8 Å². The zero-order chi connectivity index (χ0) is 36.8. The molecule has 1 aromatic rings. The van der Waals surface area contributed by atoms with Crippen LogP contribution in [0.3, 0.4) is 0 Å². The maximum absolute atomic E-state index is 13.7. The van der Waals surface area contributed by atoms with Crippen molar-refractivity contribution in [3.05, 3.63) is 47.5 Å². The summed E-state index contributed by atoms with van der Waals surface area (Å²) in [5.41, 5.74) is -2.74. The number of carbonyl (C=O) groups excluding carboxylic acids is 3. The van der Waals surface area contributed by atoms with E-state index >= 15 is 0 Å². The second-order valence-corrected chi connectivity index (χ2v) is 14.3. The first-order chi connectivity index (χ1) is 22.9. The number of nitrogens with zero attached hydrogens (tertiary/aromatic N) is 1. The first-order valence-electron chi connectivity index (χ1n) is 17.2. The summed E-state index contributed by atoms with van der Waals surface area (Å²) >= 11 is 0. The molecule has 1 fully saturated rings. The number of ketones is 1. The van der Waals surface area contributed by atoms with Crippen molar-refractivity contribution in [3.8, 4) is 0 Å². The minimum absolute atomic E-state index is 0.108. The van der Waals surface area contributed by atoms with Gasteiger partial charge in [0, 0.05) is 18.9 Å². The molecule has 2 aliphatic rings. The summed E-state index contributed by atoms with van der Waals surface area (Å²) in [5, 5.41) is 33.3. The van der Waals surface area contributed by atoms with E-state index in [0.717, 1.165) is 0 Å². The summed E-state index contributed by atoms with van der Waals surface area (Å²) < 4.78 is 31.1. The lowest BCUT2D eigenvalue weighted by Crippen LogP contribution is -2.60. The van der Waals surface area contributed by atoms with Crippen LogP contribution in [-0.4, -0.2) is 120 Å². The van der Waals surface area contributed by atoms with Crippen LogP contribution in [0.5, 0.6) is 0 Å². The summed E-state index contributed by atoms with van der Waals surface area (Å²) in [6.45, 7) is 11.0. The van der Waals surface area contributed by atoms with Crippen LogP contribution >= 0.6 is 0 Å². The van der Waals surface area contributed by atoms with E-state index in [0.29, 0.717) is 12.0 Å². The summed E-state index contributed by atoms with van der Waals surface area (Å²) in [7, 11) is 5.24. The van der Waals surface area contributed by atoms with Gasteiger partial charge >= 0.3 is 11.9 Å². The van der Waals surface area contributed by atoms with Crippen molar-refractivity contribution in [1.82, 2.24) is 4.90 Å². The molecule has 0 spiro atoms. The molecule has 0 saturated carbocycles. The number of methoxy groups -OCH3 is 1. The molecule has 0 aliphatic carbocycles. The van der Waals surface area contributed by atoms with Gasteiger partial charge in [0.25, 0.3) is 0 Å². The fourth-order valence-corrected chi connectivity index (χ4v) is 7.15. The van der Waals surface area contributed by atoms with E-state index in [4.69, 9.17) is 23.7 Å². The van der Waals surface area contributed by atoms with Gasteiger partial charge in [-0.1, -0.05) is 39.0 Å². The molecule has 0 aromatic heterocycles. The van der Waals surface area contributed by atoms with E-state index in [2.05, 4.69) is 0 Å². The highest BCUT2D eigenvalue weighted by atomic mass is 16.7. The van der Waals surface area contributed by atoms with Crippen molar-refractivity contribution in [2.75, 3.05) is 27.8 Å². The number of hydrogen-bond donors (Lipinski definition) is 3. The third-order valence-electron chi connectivity index (χ3n) is 10.2. The molecule has 12 atom stereocenters. The third-order valence-corrected chi connectivity index (χ3v) is 10.2. The highest BCUT2D eigenvalue weighted by Crippen LogP contribution is 2.39. The molecule has 3 rings (SSSR count). The Balaban J connectivity index is 2.13. The maximum Gasteiger partial charge on any atom is 0.338 e. The van der Waals surface area contributed by atoms with Gasteiger partial charge in [0.15, 0.2) is 18.2 Å². The largest absolute Gasteiger partial charge is 0.459 e. The van der Waals surface area contributed by atoms with Gasteiger partial charge in [-0.05, 0) is 84.8 Å². The zero-order valence-corrected chi connectivity index (χ0v) is 30.6. The molecule has 49 heavy (non-hydrogen) atoms. The van der Waals surface area contributed by atoms with E-state index in [1.165, 1.54) is 27.0 Å². The van der Waals surface area contributed by atoms with Gasteiger partial charge in [0.2, 0.25) is 0 Å². The van der Waals surface area contributed by atoms with Crippen molar-refractivity contribution in [3.63, 3.8) is 0 Å². The van der Waals surface area contributed by atoms with Crippen LogP contribution in [-0.2, 0) is 33.3 Å². The minimum atomic E-state index is -2.02. The number of likely N-dealkylation sites (N-methyl/N-ethyl adjacent to an activating group) is 1. The second kappa shape index (κ2) is 17.0. The standard InChI is InChI=1S/C37H57NO11/c1-11-28-37(44,20-39)19-22(3)29(40)21(2)18-36(7,45-10)32(24(5)30(41)25(6)33(42)47-28)49-35-31(27(38(8)9)17-23(4)46-35)48-34(43)26-15-13-12-14-16-26/h12-16,19,21,23-25,27-28,30-32,35,39,41,44H,11,17-18,20H2,1-10H3/b22-19+/t21-,23-,24+,25-,27+,28-,30+,31-,32-,35?,36+,37-/m1/s1. The molecule has 276 valence electrons. The summed E-state index contributed by atoms with van der Waals surface area (Å²) in [6.07, 6.45) is -3.82. The monoisotopic (exact) mass is 691 g/mol. The van der Waals surface area contributed by atoms with E-state index in [-0.39, 0.29) is 36.3 Å². The van der Waals surface area contributed by atoms with Crippen LogP contribution in [0.4, 0.5) is 0 Å². The average molecular weight is 692 g/mol. The van der Waals surface area contributed by atoms with Crippen LogP contribution in [0.2, 0.25) is 0 Å². The SMILES string of the molecule is CC[C@H]1OC(=O)[C@H](C)[C@@H](O)[C@H](C)[C@@H](OC2O[C@H](C)C[C@H](N(C)C)[C@H]2OC(=O)c2ccccc2)[C@@](C)(OC)C[C@@H](C)C(=O)/C(C)=C/[C@@]1(O)CO. The summed E-state index contributed by atoms with van der Waals surface area (Å²) in [5.74, 6) is -4.27. The Bertz CT molecular complexity index is 1300. The normalized spacial score (nSPS) is 39.4. The number of benzene rings is 1. The number of esters is 2. The lowest BCUT2D eigenvalue weighted by molar-refractivity contribution is -0.300. The van der Waals surface area contributed by atoms with E-state index in [1.807, 2.05) is 25.9 Å². The zero-order valence-electron chi connectivity index (χ0n) is 30.6. The average Bonchev–Trinajstić information content (AvgIpc) is 3.08. The molecular weight excluding hydrogens is 634 g/mol. The topological polar surface area (TPSA) is 161 Å². The van der Waals surface area contributed by atoms with Crippen LogP contribution in [0.1, 0.15) is 78.1 Å². The van der Waals surface area contributed by atoms with Gasteiger partial charge in [-0.15, -0.1) is 0 Å². The number of Topliss-reactive ketones (excluding diaryl/α,β-unsaturated/α-hetero) is 1.